The quantitative estimate of drug-likeness (QED) is 0.848. The first-order valence-corrected chi connectivity index (χ1v) is 6.71. The van der Waals surface area contributed by atoms with Crippen LogP contribution in [-0.4, -0.2) is 31.0 Å². The molecule has 2 unspecified atom stereocenters. The fourth-order valence-electron chi connectivity index (χ4n) is 2.41. The Morgan fingerprint density at radius 2 is 2.05 bits per heavy atom. The minimum absolute atomic E-state index is 0.135. The Morgan fingerprint density at radius 1 is 1.26 bits per heavy atom. The van der Waals surface area contributed by atoms with E-state index >= 15 is 0 Å². The molecule has 1 N–H and O–H groups in total. The molecule has 3 nitrogen and oxygen atoms in total. The van der Waals surface area contributed by atoms with Gasteiger partial charge in [0.25, 0.3) is 0 Å². The topological polar surface area (TPSA) is 38.7 Å². The van der Waals surface area contributed by atoms with Gasteiger partial charge in [0.2, 0.25) is 0 Å². The minimum Gasteiger partial charge on any atom is -0.489 e. The van der Waals surface area contributed by atoms with E-state index in [1.807, 2.05) is 24.3 Å². The molecule has 1 aliphatic rings. The van der Waals surface area contributed by atoms with Crippen molar-refractivity contribution >= 4 is 0 Å². The first kappa shape index (κ1) is 13.9. The van der Waals surface area contributed by atoms with E-state index in [1.165, 1.54) is 0 Å². The van der Waals surface area contributed by atoms with E-state index in [1.54, 1.807) is 7.11 Å². The number of rotatable bonds is 3. The second-order valence-corrected chi connectivity index (χ2v) is 4.72. The van der Waals surface area contributed by atoms with Crippen molar-refractivity contribution < 1.29 is 14.6 Å². The maximum Gasteiger partial charge on any atom is 0.135 e. The van der Waals surface area contributed by atoms with E-state index < -0.39 is 0 Å². The lowest BCUT2D eigenvalue weighted by Crippen LogP contribution is -2.29. The third kappa shape index (κ3) is 3.99. The second-order valence-electron chi connectivity index (χ2n) is 4.72. The number of aliphatic hydroxyl groups is 1. The Labute approximate surface area is 114 Å². The zero-order chi connectivity index (χ0) is 13.5. The van der Waals surface area contributed by atoms with Crippen LogP contribution in [0.2, 0.25) is 0 Å². The van der Waals surface area contributed by atoms with Crippen molar-refractivity contribution in [3.63, 3.8) is 0 Å². The molecular formula is C16H20O3. The van der Waals surface area contributed by atoms with Crippen LogP contribution in [0.25, 0.3) is 0 Å². The van der Waals surface area contributed by atoms with Gasteiger partial charge in [0, 0.05) is 13.5 Å². The maximum atomic E-state index is 8.78. The Morgan fingerprint density at radius 3 is 2.84 bits per heavy atom. The number of hydrogen-bond donors (Lipinski definition) is 1. The van der Waals surface area contributed by atoms with Gasteiger partial charge in [0.05, 0.1) is 11.7 Å². The monoisotopic (exact) mass is 260 g/mol. The van der Waals surface area contributed by atoms with Crippen LogP contribution in [0.1, 0.15) is 31.2 Å². The molecule has 0 amide bonds. The molecule has 2 rings (SSSR count). The summed E-state index contributed by atoms with van der Waals surface area (Å²) in [6.07, 6.45) is 4.72. The highest BCUT2D eigenvalue weighted by Gasteiger charge is 2.23. The standard InChI is InChI=1S/C16H20O3/c1-18-14-8-4-9-15(12-14)19-16-10-3-2-6-13(16)7-5-11-17/h2-3,6,10,14-15,17H,4,8-9,11-12H2,1H3. The highest BCUT2D eigenvalue weighted by molar-refractivity contribution is 5.46. The van der Waals surface area contributed by atoms with Gasteiger partial charge >= 0.3 is 0 Å². The molecule has 1 aliphatic carbocycles. The van der Waals surface area contributed by atoms with E-state index in [9.17, 15) is 0 Å². The van der Waals surface area contributed by atoms with Crippen molar-refractivity contribution in [2.75, 3.05) is 13.7 Å². The molecule has 0 spiro atoms. The van der Waals surface area contributed by atoms with Crippen LogP contribution >= 0.6 is 0 Å². The summed E-state index contributed by atoms with van der Waals surface area (Å²) in [7, 11) is 1.76. The first-order valence-electron chi connectivity index (χ1n) is 6.71. The number of ether oxygens (including phenoxy) is 2. The van der Waals surface area contributed by atoms with Gasteiger partial charge in [-0.1, -0.05) is 24.0 Å². The lowest BCUT2D eigenvalue weighted by atomic mass is 9.95. The van der Waals surface area contributed by atoms with Crippen LogP contribution in [0.3, 0.4) is 0 Å². The predicted molar refractivity (Wildman–Crippen MR) is 74.1 cm³/mol. The van der Waals surface area contributed by atoms with Crippen molar-refractivity contribution in [2.45, 2.75) is 37.9 Å². The van der Waals surface area contributed by atoms with Crippen LogP contribution in [0.15, 0.2) is 24.3 Å². The average molecular weight is 260 g/mol. The van der Waals surface area contributed by atoms with Gasteiger partial charge in [-0.15, -0.1) is 0 Å². The molecule has 0 saturated heterocycles. The Balaban J connectivity index is 2.06. The van der Waals surface area contributed by atoms with E-state index in [-0.39, 0.29) is 12.7 Å². The summed E-state index contributed by atoms with van der Waals surface area (Å²) in [5.41, 5.74) is 0.830. The van der Waals surface area contributed by atoms with Crippen LogP contribution < -0.4 is 4.74 Å². The largest absolute Gasteiger partial charge is 0.489 e. The normalized spacial score (nSPS) is 22.4. The van der Waals surface area contributed by atoms with Crippen molar-refractivity contribution in [3.8, 4) is 17.6 Å². The number of para-hydroxylation sites is 1. The Kier molecular flexibility index (Phi) is 5.26. The van der Waals surface area contributed by atoms with E-state index in [4.69, 9.17) is 14.6 Å². The second kappa shape index (κ2) is 7.18. The number of aliphatic hydroxyl groups excluding tert-OH is 1. The fourth-order valence-corrected chi connectivity index (χ4v) is 2.41. The molecule has 1 aromatic carbocycles. The lowest BCUT2D eigenvalue weighted by Gasteiger charge is -2.29. The summed E-state index contributed by atoms with van der Waals surface area (Å²) in [5, 5.41) is 8.78. The maximum absolute atomic E-state index is 8.78. The van der Waals surface area contributed by atoms with Crippen molar-refractivity contribution in [1.82, 2.24) is 0 Å². The Bertz CT molecular complexity index is 459. The summed E-state index contributed by atoms with van der Waals surface area (Å²) < 4.78 is 11.5. The zero-order valence-corrected chi connectivity index (χ0v) is 11.3. The van der Waals surface area contributed by atoms with Crippen molar-refractivity contribution in [3.05, 3.63) is 29.8 Å². The molecule has 2 atom stereocenters. The average Bonchev–Trinajstić information content (AvgIpc) is 2.46. The van der Waals surface area contributed by atoms with Gasteiger partial charge in [0.1, 0.15) is 18.5 Å². The van der Waals surface area contributed by atoms with Gasteiger partial charge < -0.3 is 14.6 Å². The Hall–Kier alpha value is -1.50. The number of methoxy groups -OCH3 is 1. The zero-order valence-electron chi connectivity index (χ0n) is 11.3. The van der Waals surface area contributed by atoms with E-state index in [0.29, 0.717) is 6.10 Å². The first-order chi connectivity index (χ1) is 9.33. The fraction of sp³-hybridized carbons (Fsp3) is 0.500. The smallest absolute Gasteiger partial charge is 0.135 e. The molecule has 0 radical (unpaired) electrons. The number of benzene rings is 1. The van der Waals surface area contributed by atoms with E-state index in [0.717, 1.165) is 37.0 Å². The van der Waals surface area contributed by atoms with Crippen molar-refractivity contribution in [2.24, 2.45) is 0 Å². The molecular weight excluding hydrogens is 240 g/mol. The highest BCUT2D eigenvalue weighted by atomic mass is 16.5. The summed E-state index contributed by atoms with van der Waals surface area (Å²) in [4.78, 5) is 0. The molecule has 0 heterocycles. The number of hydrogen-bond acceptors (Lipinski definition) is 3. The summed E-state index contributed by atoms with van der Waals surface area (Å²) >= 11 is 0. The molecule has 1 saturated carbocycles. The summed E-state index contributed by atoms with van der Waals surface area (Å²) in [6.45, 7) is -0.135. The molecule has 19 heavy (non-hydrogen) atoms. The van der Waals surface area contributed by atoms with Gasteiger partial charge in [-0.2, -0.15) is 0 Å². The summed E-state index contributed by atoms with van der Waals surface area (Å²) in [6, 6.07) is 7.70. The van der Waals surface area contributed by atoms with Crippen molar-refractivity contribution in [1.29, 1.82) is 0 Å². The molecule has 102 valence electrons. The SMILES string of the molecule is COC1CCCC(Oc2ccccc2C#CCO)C1. The predicted octanol–water partition coefficient (Wildman–Crippen LogP) is 2.37. The third-order valence-corrected chi connectivity index (χ3v) is 3.39. The third-order valence-electron chi connectivity index (χ3n) is 3.39. The molecule has 3 heteroatoms. The molecule has 1 aromatic rings. The van der Waals surface area contributed by atoms with Crippen LogP contribution in [0.5, 0.6) is 5.75 Å². The molecule has 0 bridgehead atoms. The van der Waals surface area contributed by atoms with Gasteiger partial charge in [-0.25, -0.2) is 0 Å². The summed E-state index contributed by atoms with van der Waals surface area (Å²) in [5.74, 6) is 6.38. The molecule has 1 fully saturated rings. The van der Waals surface area contributed by atoms with E-state index in [2.05, 4.69) is 11.8 Å². The van der Waals surface area contributed by atoms with Crippen LogP contribution in [0.4, 0.5) is 0 Å². The molecule has 0 aromatic heterocycles. The van der Waals surface area contributed by atoms with Crippen LogP contribution in [-0.2, 0) is 4.74 Å². The van der Waals surface area contributed by atoms with Crippen LogP contribution in [0, 0.1) is 11.8 Å². The van der Waals surface area contributed by atoms with Gasteiger partial charge in [0.15, 0.2) is 0 Å². The highest BCUT2D eigenvalue weighted by Crippen LogP contribution is 2.26. The lowest BCUT2D eigenvalue weighted by molar-refractivity contribution is 0.0209. The van der Waals surface area contributed by atoms with Gasteiger partial charge in [-0.05, 0) is 31.4 Å². The minimum atomic E-state index is -0.135. The molecule has 0 aliphatic heterocycles. The van der Waals surface area contributed by atoms with Gasteiger partial charge in [-0.3, -0.25) is 0 Å².